The summed E-state index contributed by atoms with van der Waals surface area (Å²) >= 11 is 0. The first-order valence-electron chi connectivity index (χ1n) is 10.3. The molecule has 1 aromatic rings. The predicted octanol–water partition coefficient (Wildman–Crippen LogP) is 6.71. The third kappa shape index (κ3) is 4.95. The van der Waals surface area contributed by atoms with Gasteiger partial charge in [0.25, 0.3) is 0 Å². The summed E-state index contributed by atoms with van der Waals surface area (Å²) in [6, 6.07) is 3.75. The second kappa shape index (κ2) is 9.14. The normalized spacial score (nSPS) is 25.8. The van der Waals surface area contributed by atoms with Gasteiger partial charge in [0, 0.05) is 6.42 Å². The molecule has 0 saturated heterocycles. The van der Waals surface area contributed by atoms with E-state index in [0.717, 1.165) is 68.9 Å². The minimum atomic E-state index is -2.18. The van der Waals surface area contributed by atoms with Gasteiger partial charge in [0.05, 0.1) is 0 Å². The van der Waals surface area contributed by atoms with Crippen molar-refractivity contribution in [2.45, 2.75) is 90.1 Å². The monoisotopic (exact) mass is 368 g/mol. The summed E-state index contributed by atoms with van der Waals surface area (Å²) in [6.07, 6.45) is 7.52. The third-order valence-corrected chi connectivity index (χ3v) is 6.18. The SMILES string of the molecule is CCCCc1cc(F)c2c(c1)CCC(C1CCC(CCC(F)F)CC1)O2. The van der Waals surface area contributed by atoms with Crippen molar-refractivity contribution in [3.8, 4) is 5.75 Å². The van der Waals surface area contributed by atoms with Crippen LogP contribution in [0.3, 0.4) is 0 Å². The fraction of sp³-hybridized carbons (Fsp3) is 0.727. The van der Waals surface area contributed by atoms with Gasteiger partial charge in [-0.1, -0.05) is 32.3 Å². The molecule has 3 rings (SSSR count). The number of ether oxygens (including phenoxy) is 1. The smallest absolute Gasteiger partial charge is 0.238 e. The first-order chi connectivity index (χ1) is 12.6. The van der Waals surface area contributed by atoms with Gasteiger partial charge in [0.1, 0.15) is 6.10 Å². The molecule has 0 bridgehead atoms. The highest BCUT2D eigenvalue weighted by Gasteiger charge is 2.32. The molecule has 1 nitrogen and oxygen atoms in total. The molecule has 1 aromatic carbocycles. The standard InChI is InChI=1S/C22H31F3O/c1-2-3-4-16-13-18-10-11-20(26-22(18)19(23)14-16)17-8-5-15(6-9-17)7-12-21(24)25/h13-15,17,20-21H,2-12H2,1H3. The summed E-state index contributed by atoms with van der Waals surface area (Å²) in [5.41, 5.74) is 2.09. The molecule has 1 atom stereocenters. The maximum Gasteiger partial charge on any atom is 0.238 e. The van der Waals surface area contributed by atoms with E-state index in [1.807, 2.05) is 0 Å². The molecular formula is C22H31F3O. The van der Waals surface area contributed by atoms with Crippen LogP contribution in [0.4, 0.5) is 13.2 Å². The van der Waals surface area contributed by atoms with Gasteiger partial charge in [-0.25, -0.2) is 13.2 Å². The lowest BCUT2D eigenvalue weighted by molar-refractivity contribution is 0.0664. The summed E-state index contributed by atoms with van der Waals surface area (Å²) in [4.78, 5) is 0. The Hall–Kier alpha value is -1.19. The lowest BCUT2D eigenvalue weighted by Gasteiger charge is -2.37. The van der Waals surface area contributed by atoms with E-state index in [1.54, 1.807) is 6.07 Å². The molecule has 0 spiro atoms. The number of benzene rings is 1. The molecule has 0 aromatic heterocycles. The number of hydrogen-bond acceptors (Lipinski definition) is 1. The fourth-order valence-electron chi connectivity index (χ4n) is 4.61. The van der Waals surface area contributed by atoms with Gasteiger partial charge in [-0.05, 0) is 74.0 Å². The van der Waals surface area contributed by atoms with E-state index in [4.69, 9.17) is 4.74 Å². The summed E-state index contributed by atoms with van der Waals surface area (Å²) in [6.45, 7) is 2.14. The van der Waals surface area contributed by atoms with Crippen LogP contribution in [0.1, 0.15) is 75.8 Å². The van der Waals surface area contributed by atoms with Crippen LogP contribution in [0, 0.1) is 17.7 Å². The molecule has 0 radical (unpaired) electrons. The maximum atomic E-state index is 14.5. The Kier molecular flexibility index (Phi) is 6.88. The van der Waals surface area contributed by atoms with Crippen LogP contribution >= 0.6 is 0 Å². The molecule has 26 heavy (non-hydrogen) atoms. The zero-order valence-electron chi connectivity index (χ0n) is 15.8. The number of alkyl halides is 2. The third-order valence-electron chi connectivity index (χ3n) is 6.18. The van der Waals surface area contributed by atoms with Gasteiger partial charge in [-0.15, -0.1) is 0 Å². The van der Waals surface area contributed by atoms with Gasteiger partial charge < -0.3 is 4.74 Å². The Morgan fingerprint density at radius 1 is 1.12 bits per heavy atom. The molecule has 4 heteroatoms. The average Bonchev–Trinajstić information content (AvgIpc) is 2.65. The highest BCUT2D eigenvalue weighted by atomic mass is 19.3. The van der Waals surface area contributed by atoms with E-state index in [0.29, 0.717) is 24.0 Å². The first-order valence-corrected chi connectivity index (χ1v) is 10.3. The molecule has 1 heterocycles. The zero-order valence-corrected chi connectivity index (χ0v) is 15.8. The Bertz CT molecular complexity index is 579. The van der Waals surface area contributed by atoms with Crippen molar-refractivity contribution < 1.29 is 17.9 Å². The average molecular weight is 368 g/mol. The Balaban J connectivity index is 1.56. The lowest BCUT2D eigenvalue weighted by Crippen LogP contribution is -2.34. The summed E-state index contributed by atoms with van der Waals surface area (Å²) < 4.78 is 45.4. The minimum absolute atomic E-state index is 0.0220. The second-order valence-corrected chi connectivity index (χ2v) is 8.11. The minimum Gasteiger partial charge on any atom is -0.487 e. The fourth-order valence-corrected chi connectivity index (χ4v) is 4.61. The Morgan fingerprint density at radius 3 is 2.58 bits per heavy atom. The molecular weight excluding hydrogens is 337 g/mol. The summed E-state index contributed by atoms with van der Waals surface area (Å²) in [7, 11) is 0. The Labute approximate surface area is 155 Å². The van der Waals surface area contributed by atoms with Crippen molar-refractivity contribution in [1.29, 1.82) is 0 Å². The van der Waals surface area contributed by atoms with Crippen LogP contribution < -0.4 is 4.74 Å². The number of hydrogen-bond donors (Lipinski definition) is 0. The van der Waals surface area contributed by atoms with E-state index >= 15 is 0 Å². The van der Waals surface area contributed by atoms with Crippen molar-refractivity contribution in [1.82, 2.24) is 0 Å². The molecule has 1 aliphatic heterocycles. The van der Waals surface area contributed by atoms with E-state index in [1.165, 1.54) is 0 Å². The van der Waals surface area contributed by atoms with Crippen molar-refractivity contribution >= 4 is 0 Å². The first kappa shape index (κ1) is 19.6. The topological polar surface area (TPSA) is 9.23 Å². The van der Waals surface area contributed by atoms with E-state index in [-0.39, 0.29) is 18.3 Å². The quantitative estimate of drug-likeness (QED) is 0.519. The van der Waals surface area contributed by atoms with Crippen molar-refractivity contribution in [3.63, 3.8) is 0 Å². The van der Waals surface area contributed by atoms with E-state index < -0.39 is 6.43 Å². The van der Waals surface area contributed by atoms with Gasteiger partial charge in [-0.3, -0.25) is 0 Å². The van der Waals surface area contributed by atoms with Crippen LogP contribution in [0.15, 0.2) is 12.1 Å². The van der Waals surface area contributed by atoms with Crippen molar-refractivity contribution in [3.05, 3.63) is 29.1 Å². The zero-order chi connectivity index (χ0) is 18.5. The molecule has 2 aliphatic rings. The number of rotatable bonds is 7. The molecule has 0 amide bonds. The molecule has 0 N–H and O–H groups in total. The predicted molar refractivity (Wildman–Crippen MR) is 98.4 cm³/mol. The van der Waals surface area contributed by atoms with Gasteiger partial charge in [0.2, 0.25) is 6.43 Å². The maximum absolute atomic E-state index is 14.5. The largest absolute Gasteiger partial charge is 0.487 e. The van der Waals surface area contributed by atoms with E-state index in [2.05, 4.69) is 13.0 Å². The molecule has 1 fully saturated rings. The highest BCUT2D eigenvalue weighted by Crippen LogP contribution is 2.40. The van der Waals surface area contributed by atoms with Gasteiger partial charge in [-0.2, -0.15) is 0 Å². The van der Waals surface area contributed by atoms with Gasteiger partial charge in [0.15, 0.2) is 11.6 Å². The number of unbranched alkanes of at least 4 members (excludes halogenated alkanes) is 1. The highest BCUT2D eigenvalue weighted by molar-refractivity contribution is 5.40. The van der Waals surface area contributed by atoms with Crippen molar-refractivity contribution in [2.24, 2.45) is 11.8 Å². The molecule has 1 unspecified atom stereocenters. The number of aryl methyl sites for hydroxylation is 2. The van der Waals surface area contributed by atoms with Gasteiger partial charge >= 0.3 is 0 Å². The summed E-state index contributed by atoms with van der Waals surface area (Å²) in [5.74, 6) is 1.10. The number of fused-ring (bicyclic) bond motifs is 1. The van der Waals surface area contributed by atoms with Crippen molar-refractivity contribution in [2.75, 3.05) is 0 Å². The molecule has 1 saturated carbocycles. The molecule has 1 aliphatic carbocycles. The van der Waals surface area contributed by atoms with E-state index in [9.17, 15) is 13.2 Å². The van der Waals surface area contributed by atoms with Crippen LogP contribution in [-0.4, -0.2) is 12.5 Å². The van der Waals surface area contributed by atoms with Crippen LogP contribution in [0.2, 0.25) is 0 Å². The summed E-state index contributed by atoms with van der Waals surface area (Å²) in [5, 5.41) is 0. The van der Waals surface area contributed by atoms with Crippen LogP contribution in [0.5, 0.6) is 5.75 Å². The lowest BCUT2D eigenvalue weighted by atomic mass is 9.76. The second-order valence-electron chi connectivity index (χ2n) is 8.11. The Morgan fingerprint density at radius 2 is 1.88 bits per heavy atom. The van der Waals surface area contributed by atoms with Crippen LogP contribution in [-0.2, 0) is 12.8 Å². The molecule has 146 valence electrons. The van der Waals surface area contributed by atoms with Crippen LogP contribution in [0.25, 0.3) is 0 Å². The number of halogens is 3.